The van der Waals surface area contributed by atoms with Gasteiger partial charge in [0, 0.05) is 24.7 Å². The normalized spacial score (nSPS) is 28.8. The summed E-state index contributed by atoms with van der Waals surface area (Å²) in [5, 5.41) is 3.53. The Morgan fingerprint density at radius 1 is 1.10 bits per heavy atom. The maximum absolute atomic E-state index is 12.9. The van der Waals surface area contributed by atoms with E-state index in [1.54, 1.807) is 4.90 Å². The van der Waals surface area contributed by atoms with Crippen molar-refractivity contribution in [1.82, 2.24) is 10.2 Å². The van der Waals surface area contributed by atoms with Gasteiger partial charge in [-0.15, -0.1) is 0 Å². The standard InChI is InChI=1S/C15H27F3N2/c1-13(2,3)12-9-20(11-15(16,17)18)14(10-19-12)7-5-4-6-8-14/h12,19H,4-11H2,1-3H3. The van der Waals surface area contributed by atoms with Crippen LogP contribution in [0.4, 0.5) is 13.2 Å². The van der Waals surface area contributed by atoms with Crippen molar-refractivity contribution in [3.05, 3.63) is 0 Å². The molecule has 0 amide bonds. The van der Waals surface area contributed by atoms with Crippen LogP contribution in [0.25, 0.3) is 0 Å². The lowest BCUT2D eigenvalue weighted by molar-refractivity contribution is -0.170. The highest BCUT2D eigenvalue weighted by Crippen LogP contribution is 2.39. The molecule has 118 valence electrons. The Bertz CT molecular complexity index is 327. The lowest BCUT2D eigenvalue weighted by Crippen LogP contribution is -2.68. The summed E-state index contributed by atoms with van der Waals surface area (Å²) >= 11 is 0. The number of nitrogens with zero attached hydrogens (tertiary/aromatic N) is 1. The van der Waals surface area contributed by atoms with Gasteiger partial charge in [0.15, 0.2) is 0 Å². The summed E-state index contributed by atoms with van der Waals surface area (Å²) in [7, 11) is 0. The van der Waals surface area contributed by atoms with E-state index in [4.69, 9.17) is 0 Å². The fourth-order valence-electron chi connectivity index (χ4n) is 3.64. The summed E-state index contributed by atoms with van der Waals surface area (Å²) in [6.07, 6.45) is 0.945. The summed E-state index contributed by atoms with van der Waals surface area (Å²) in [6, 6.07) is 0.123. The zero-order valence-electron chi connectivity index (χ0n) is 12.8. The first kappa shape index (κ1) is 16.1. The molecule has 2 nitrogen and oxygen atoms in total. The fourth-order valence-corrected chi connectivity index (χ4v) is 3.64. The van der Waals surface area contributed by atoms with Crippen LogP contribution < -0.4 is 5.32 Å². The summed E-state index contributed by atoms with van der Waals surface area (Å²) < 4.78 is 38.8. The molecule has 0 radical (unpaired) electrons. The molecule has 2 rings (SSSR count). The van der Waals surface area contributed by atoms with Crippen LogP contribution in [-0.4, -0.2) is 42.3 Å². The van der Waals surface area contributed by atoms with Gasteiger partial charge in [-0.05, 0) is 18.3 Å². The smallest absolute Gasteiger partial charge is 0.310 e. The molecule has 1 heterocycles. The molecule has 1 atom stereocenters. The van der Waals surface area contributed by atoms with Gasteiger partial charge in [-0.25, -0.2) is 0 Å². The third-order valence-corrected chi connectivity index (χ3v) is 4.95. The number of alkyl halides is 3. The van der Waals surface area contributed by atoms with Crippen molar-refractivity contribution in [3.8, 4) is 0 Å². The van der Waals surface area contributed by atoms with Gasteiger partial charge in [-0.2, -0.15) is 13.2 Å². The van der Waals surface area contributed by atoms with Crippen molar-refractivity contribution in [1.29, 1.82) is 0 Å². The van der Waals surface area contributed by atoms with Gasteiger partial charge < -0.3 is 5.32 Å². The predicted octanol–water partition coefficient (Wildman–Crippen LogP) is 3.57. The van der Waals surface area contributed by atoms with E-state index >= 15 is 0 Å². The molecule has 20 heavy (non-hydrogen) atoms. The van der Waals surface area contributed by atoms with Crippen molar-refractivity contribution >= 4 is 0 Å². The summed E-state index contributed by atoms with van der Waals surface area (Å²) in [5.41, 5.74) is -0.282. The van der Waals surface area contributed by atoms with Gasteiger partial charge in [0.25, 0.3) is 0 Å². The average molecular weight is 292 g/mol. The van der Waals surface area contributed by atoms with Crippen LogP contribution in [0.1, 0.15) is 52.9 Å². The second-order valence-corrected chi connectivity index (χ2v) is 7.58. The fraction of sp³-hybridized carbons (Fsp3) is 1.00. The molecule has 2 aliphatic rings. The van der Waals surface area contributed by atoms with Crippen LogP contribution in [0.15, 0.2) is 0 Å². The Hall–Kier alpha value is -0.290. The number of piperazine rings is 1. The van der Waals surface area contributed by atoms with E-state index in [2.05, 4.69) is 26.1 Å². The van der Waals surface area contributed by atoms with Crippen molar-refractivity contribution < 1.29 is 13.2 Å². The van der Waals surface area contributed by atoms with E-state index in [0.29, 0.717) is 13.1 Å². The van der Waals surface area contributed by atoms with E-state index < -0.39 is 12.7 Å². The number of hydrogen-bond donors (Lipinski definition) is 1. The maximum atomic E-state index is 12.9. The zero-order valence-corrected chi connectivity index (χ0v) is 12.8. The molecule has 0 aromatic rings. The van der Waals surface area contributed by atoms with Crippen LogP contribution in [-0.2, 0) is 0 Å². The minimum absolute atomic E-state index is 0.0138. The van der Waals surface area contributed by atoms with Gasteiger partial charge in [0.05, 0.1) is 6.54 Å². The number of nitrogens with one attached hydrogen (secondary N) is 1. The van der Waals surface area contributed by atoms with E-state index in [-0.39, 0.29) is 17.0 Å². The molecule has 2 fully saturated rings. The molecular weight excluding hydrogens is 265 g/mol. The first-order valence-electron chi connectivity index (χ1n) is 7.68. The van der Waals surface area contributed by atoms with Crippen LogP contribution in [0.3, 0.4) is 0 Å². The molecule has 0 aromatic heterocycles. The molecule has 1 saturated carbocycles. The third kappa shape index (κ3) is 3.67. The topological polar surface area (TPSA) is 15.3 Å². The molecule has 1 aliphatic carbocycles. The Balaban J connectivity index is 2.16. The second-order valence-electron chi connectivity index (χ2n) is 7.58. The van der Waals surface area contributed by atoms with Crippen molar-refractivity contribution in [3.63, 3.8) is 0 Å². The van der Waals surface area contributed by atoms with Gasteiger partial charge in [-0.1, -0.05) is 40.0 Å². The molecule has 0 aromatic carbocycles. The third-order valence-electron chi connectivity index (χ3n) is 4.95. The zero-order chi connectivity index (χ0) is 15.0. The highest BCUT2D eigenvalue weighted by molar-refractivity contribution is 5.03. The van der Waals surface area contributed by atoms with Crippen molar-refractivity contribution in [2.75, 3.05) is 19.6 Å². The second kappa shape index (κ2) is 5.48. The summed E-state index contributed by atoms with van der Waals surface area (Å²) in [5.74, 6) is 0. The quantitative estimate of drug-likeness (QED) is 0.795. The number of rotatable bonds is 1. The molecule has 5 heteroatoms. The van der Waals surface area contributed by atoms with E-state index in [1.165, 1.54) is 0 Å². The van der Waals surface area contributed by atoms with Crippen LogP contribution >= 0.6 is 0 Å². The Kier molecular flexibility index (Phi) is 4.41. The molecule has 1 saturated heterocycles. The highest BCUT2D eigenvalue weighted by Gasteiger charge is 2.47. The van der Waals surface area contributed by atoms with Crippen LogP contribution in [0.2, 0.25) is 0 Å². The van der Waals surface area contributed by atoms with E-state index in [0.717, 1.165) is 32.1 Å². The van der Waals surface area contributed by atoms with Crippen molar-refractivity contribution in [2.24, 2.45) is 5.41 Å². The number of hydrogen-bond acceptors (Lipinski definition) is 2. The monoisotopic (exact) mass is 292 g/mol. The lowest BCUT2D eigenvalue weighted by Gasteiger charge is -2.54. The lowest BCUT2D eigenvalue weighted by atomic mass is 9.75. The number of halogens is 3. The van der Waals surface area contributed by atoms with Gasteiger partial charge in [0.1, 0.15) is 0 Å². The van der Waals surface area contributed by atoms with E-state index in [1.807, 2.05) is 0 Å². The van der Waals surface area contributed by atoms with Gasteiger partial charge in [0.2, 0.25) is 0 Å². The summed E-state index contributed by atoms with van der Waals surface area (Å²) in [6.45, 7) is 6.72. The first-order valence-corrected chi connectivity index (χ1v) is 7.68. The minimum atomic E-state index is -4.11. The van der Waals surface area contributed by atoms with Crippen molar-refractivity contribution in [2.45, 2.75) is 70.6 Å². The molecule has 1 unspecified atom stereocenters. The Morgan fingerprint density at radius 2 is 1.70 bits per heavy atom. The van der Waals surface area contributed by atoms with E-state index in [9.17, 15) is 13.2 Å². The molecule has 1 aliphatic heterocycles. The molecule has 0 bridgehead atoms. The molecular formula is C15H27F3N2. The van der Waals surface area contributed by atoms with Crippen LogP contribution in [0, 0.1) is 5.41 Å². The Labute approximate surface area is 120 Å². The largest absolute Gasteiger partial charge is 0.401 e. The Morgan fingerprint density at radius 3 is 2.20 bits per heavy atom. The SMILES string of the molecule is CC(C)(C)C1CN(CC(F)(F)F)C2(CCCCC2)CN1. The first-order chi connectivity index (χ1) is 9.12. The minimum Gasteiger partial charge on any atom is -0.310 e. The van der Waals surface area contributed by atoms with Crippen LogP contribution in [0.5, 0.6) is 0 Å². The highest BCUT2D eigenvalue weighted by atomic mass is 19.4. The molecule has 1 spiro atoms. The maximum Gasteiger partial charge on any atom is 0.401 e. The summed E-state index contributed by atoms with van der Waals surface area (Å²) in [4.78, 5) is 1.73. The predicted molar refractivity (Wildman–Crippen MR) is 74.7 cm³/mol. The average Bonchev–Trinajstić information content (AvgIpc) is 2.30. The van der Waals surface area contributed by atoms with Gasteiger partial charge >= 0.3 is 6.18 Å². The molecule has 1 N–H and O–H groups in total. The van der Waals surface area contributed by atoms with Gasteiger partial charge in [-0.3, -0.25) is 4.90 Å².